The van der Waals surface area contributed by atoms with Crippen molar-refractivity contribution in [2.75, 3.05) is 24.7 Å². The molecule has 0 aromatic carbocycles. The number of aromatic nitrogens is 2. The number of thioether (sulfide) groups is 1. The van der Waals surface area contributed by atoms with Gasteiger partial charge in [-0.25, -0.2) is 9.97 Å². The normalized spacial score (nSPS) is 14.6. The molecule has 0 saturated carbocycles. The van der Waals surface area contributed by atoms with Gasteiger partial charge in [0.05, 0.1) is 24.7 Å². The topological polar surface area (TPSA) is 47.0 Å². The Bertz CT molecular complexity index is 353. The van der Waals surface area contributed by atoms with Crippen LogP contribution in [0, 0.1) is 0 Å². The second kappa shape index (κ2) is 5.50. The molecule has 4 nitrogen and oxygen atoms in total. The van der Waals surface area contributed by atoms with Crippen molar-refractivity contribution in [3.05, 3.63) is 17.1 Å². The van der Waals surface area contributed by atoms with Crippen molar-refractivity contribution >= 4 is 17.6 Å². The second-order valence-corrected chi connectivity index (χ2v) is 4.88. The minimum atomic E-state index is 0.632. The van der Waals surface area contributed by atoms with Crippen LogP contribution in [0.2, 0.25) is 0 Å². The summed E-state index contributed by atoms with van der Waals surface area (Å²) < 4.78 is 5.43. The van der Waals surface area contributed by atoms with E-state index in [4.69, 9.17) is 4.74 Å². The Morgan fingerprint density at radius 2 is 2.31 bits per heavy atom. The van der Waals surface area contributed by atoms with Gasteiger partial charge in [-0.3, -0.25) is 0 Å². The highest BCUT2D eigenvalue weighted by molar-refractivity contribution is 7.98. The first-order chi connectivity index (χ1) is 7.85. The van der Waals surface area contributed by atoms with Crippen molar-refractivity contribution in [3.8, 4) is 0 Å². The van der Waals surface area contributed by atoms with Crippen LogP contribution in [0.25, 0.3) is 0 Å². The van der Waals surface area contributed by atoms with E-state index in [1.165, 1.54) is 0 Å². The monoisotopic (exact) mass is 239 g/mol. The molecule has 16 heavy (non-hydrogen) atoms. The first kappa shape index (κ1) is 11.7. The highest BCUT2D eigenvalue weighted by Crippen LogP contribution is 2.23. The summed E-state index contributed by atoms with van der Waals surface area (Å²) in [5.74, 6) is 3.84. The molecule has 1 aliphatic rings. The molecule has 2 rings (SSSR count). The van der Waals surface area contributed by atoms with Gasteiger partial charge in [-0.05, 0) is 5.75 Å². The summed E-state index contributed by atoms with van der Waals surface area (Å²) in [6.07, 6.45) is 0.899. The Hall–Kier alpha value is -0.810. The Morgan fingerprint density at radius 1 is 1.44 bits per heavy atom. The van der Waals surface area contributed by atoms with Crippen LogP contribution < -0.4 is 5.32 Å². The molecule has 88 valence electrons. The molecule has 2 heterocycles. The molecule has 0 atom stereocenters. The lowest BCUT2D eigenvalue weighted by Gasteiger charge is -2.19. The third-order valence-electron chi connectivity index (χ3n) is 2.54. The fourth-order valence-electron chi connectivity index (χ4n) is 1.75. The summed E-state index contributed by atoms with van der Waals surface area (Å²) in [7, 11) is 1.90. The van der Waals surface area contributed by atoms with Gasteiger partial charge in [0.2, 0.25) is 0 Å². The maximum Gasteiger partial charge on any atom is 0.140 e. The van der Waals surface area contributed by atoms with Crippen LogP contribution >= 0.6 is 11.8 Å². The predicted molar refractivity (Wildman–Crippen MR) is 66.8 cm³/mol. The molecular formula is C11H17N3OS. The molecule has 0 unspecified atom stereocenters. The molecule has 1 aromatic heterocycles. The lowest BCUT2D eigenvalue weighted by atomic mass is 10.1. The Labute approximate surface area is 100 Å². The van der Waals surface area contributed by atoms with Crippen LogP contribution in [0.5, 0.6) is 0 Å². The van der Waals surface area contributed by atoms with Crippen LogP contribution in [0.1, 0.15) is 24.0 Å². The van der Waals surface area contributed by atoms with Crippen molar-refractivity contribution in [2.24, 2.45) is 0 Å². The summed E-state index contributed by atoms with van der Waals surface area (Å²) in [5, 5.41) is 3.13. The van der Waals surface area contributed by atoms with E-state index in [1.807, 2.05) is 18.8 Å². The molecule has 0 amide bonds. The van der Waals surface area contributed by atoms with E-state index in [9.17, 15) is 0 Å². The van der Waals surface area contributed by atoms with Gasteiger partial charge in [0, 0.05) is 19.0 Å². The van der Waals surface area contributed by atoms with Crippen molar-refractivity contribution in [2.45, 2.75) is 25.7 Å². The number of nitrogens with one attached hydrogen (secondary N) is 1. The number of anilines is 1. The molecule has 5 heteroatoms. The first-order valence-electron chi connectivity index (χ1n) is 5.57. The van der Waals surface area contributed by atoms with Crippen LogP contribution in [0.3, 0.4) is 0 Å². The molecule has 0 fully saturated rings. The predicted octanol–water partition coefficient (Wildman–Crippen LogP) is 1.84. The minimum Gasteiger partial charge on any atom is -0.376 e. The fraction of sp³-hybridized carbons (Fsp3) is 0.636. The summed E-state index contributed by atoms with van der Waals surface area (Å²) in [5.41, 5.74) is 2.27. The largest absolute Gasteiger partial charge is 0.376 e. The van der Waals surface area contributed by atoms with E-state index in [0.717, 1.165) is 47.4 Å². The number of hydrogen-bond donors (Lipinski definition) is 1. The van der Waals surface area contributed by atoms with Crippen LogP contribution in [-0.2, 0) is 23.5 Å². The zero-order chi connectivity index (χ0) is 11.4. The van der Waals surface area contributed by atoms with E-state index in [2.05, 4.69) is 22.2 Å². The Kier molecular flexibility index (Phi) is 4.01. The average Bonchev–Trinajstić information content (AvgIpc) is 2.35. The molecule has 1 aliphatic heterocycles. The molecule has 0 saturated heterocycles. The van der Waals surface area contributed by atoms with Gasteiger partial charge in [0.15, 0.2) is 0 Å². The lowest BCUT2D eigenvalue weighted by Crippen LogP contribution is -2.16. The maximum atomic E-state index is 5.43. The summed E-state index contributed by atoms with van der Waals surface area (Å²) in [4.78, 5) is 9.13. The number of hydrogen-bond acceptors (Lipinski definition) is 5. The smallest absolute Gasteiger partial charge is 0.140 e. The van der Waals surface area contributed by atoms with Gasteiger partial charge in [-0.1, -0.05) is 6.92 Å². The highest BCUT2D eigenvalue weighted by atomic mass is 32.2. The first-order valence-corrected chi connectivity index (χ1v) is 6.72. The Balaban J connectivity index is 2.28. The van der Waals surface area contributed by atoms with Gasteiger partial charge in [0.1, 0.15) is 11.6 Å². The average molecular weight is 239 g/mol. The molecule has 0 bridgehead atoms. The van der Waals surface area contributed by atoms with Crippen molar-refractivity contribution < 1.29 is 4.74 Å². The third kappa shape index (κ3) is 2.47. The zero-order valence-electron chi connectivity index (χ0n) is 9.75. The van der Waals surface area contributed by atoms with E-state index >= 15 is 0 Å². The van der Waals surface area contributed by atoms with E-state index in [-0.39, 0.29) is 0 Å². The summed E-state index contributed by atoms with van der Waals surface area (Å²) in [6.45, 7) is 3.55. The quantitative estimate of drug-likeness (QED) is 0.868. The highest BCUT2D eigenvalue weighted by Gasteiger charge is 2.17. The van der Waals surface area contributed by atoms with Gasteiger partial charge >= 0.3 is 0 Å². The van der Waals surface area contributed by atoms with E-state index in [1.54, 1.807) is 0 Å². The van der Waals surface area contributed by atoms with Gasteiger partial charge in [-0.15, -0.1) is 0 Å². The van der Waals surface area contributed by atoms with E-state index in [0.29, 0.717) is 6.61 Å². The van der Waals surface area contributed by atoms with Crippen molar-refractivity contribution in [1.82, 2.24) is 9.97 Å². The van der Waals surface area contributed by atoms with Crippen molar-refractivity contribution in [3.63, 3.8) is 0 Å². The van der Waals surface area contributed by atoms with Crippen molar-refractivity contribution in [1.29, 1.82) is 0 Å². The molecule has 0 radical (unpaired) electrons. The number of fused-ring (bicyclic) bond motifs is 1. The van der Waals surface area contributed by atoms with Gasteiger partial charge < -0.3 is 10.1 Å². The number of ether oxygens (including phenoxy) is 1. The number of rotatable bonds is 4. The second-order valence-electron chi connectivity index (χ2n) is 3.60. The van der Waals surface area contributed by atoms with Crippen LogP contribution in [-0.4, -0.2) is 29.4 Å². The molecule has 0 aliphatic carbocycles. The van der Waals surface area contributed by atoms with Crippen LogP contribution in [0.4, 0.5) is 5.82 Å². The maximum absolute atomic E-state index is 5.43. The van der Waals surface area contributed by atoms with Gasteiger partial charge in [0.25, 0.3) is 0 Å². The van der Waals surface area contributed by atoms with E-state index < -0.39 is 0 Å². The Morgan fingerprint density at radius 3 is 3.06 bits per heavy atom. The standard InChI is InChI=1S/C11H17N3OS/c1-3-16-7-10-13-9-4-5-15-6-8(9)11(12-2)14-10/h3-7H2,1-2H3,(H,12,13,14). The number of nitrogens with zero attached hydrogens (tertiary/aromatic N) is 2. The summed E-state index contributed by atoms with van der Waals surface area (Å²) >= 11 is 1.85. The molecule has 1 N–H and O–H groups in total. The lowest BCUT2D eigenvalue weighted by molar-refractivity contribution is 0.109. The fourth-order valence-corrected chi connectivity index (χ4v) is 2.26. The molecule has 1 aromatic rings. The zero-order valence-corrected chi connectivity index (χ0v) is 10.6. The summed E-state index contributed by atoms with van der Waals surface area (Å²) in [6, 6.07) is 0. The molecular weight excluding hydrogens is 222 g/mol. The van der Waals surface area contributed by atoms with Crippen LogP contribution in [0.15, 0.2) is 0 Å². The van der Waals surface area contributed by atoms with Gasteiger partial charge in [-0.2, -0.15) is 11.8 Å². The SMILES string of the molecule is CCSCc1nc2c(c(NC)n1)COCC2. The molecule has 0 spiro atoms. The third-order valence-corrected chi connectivity index (χ3v) is 3.41. The minimum absolute atomic E-state index is 0.632.